The Morgan fingerprint density at radius 2 is 1.83 bits per heavy atom. The molecule has 1 atom stereocenters. The van der Waals surface area contributed by atoms with Gasteiger partial charge in [-0.2, -0.15) is 11.8 Å². The van der Waals surface area contributed by atoms with Gasteiger partial charge in [-0.15, -0.1) is 0 Å². The van der Waals surface area contributed by atoms with Crippen LogP contribution in [0.5, 0.6) is 0 Å². The maximum Gasteiger partial charge on any atom is 0.0332 e. The largest absolute Gasteiger partial charge is 0.329 e. The molecule has 2 rings (SSSR count). The Balaban J connectivity index is 2.08. The molecule has 1 unspecified atom stereocenters. The molecule has 3 heteroatoms. The molecule has 2 N–H and O–H groups in total. The van der Waals surface area contributed by atoms with E-state index in [9.17, 15) is 0 Å². The zero-order chi connectivity index (χ0) is 13.1. The Kier molecular flexibility index (Phi) is 5.01. The second kappa shape index (κ2) is 6.15. The molecule has 1 saturated heterocycles. The van der Waals surface area contributed by atoms with Crippen molar-refractivity contribution in [2.45, 2.75) is 57.9 Å². The van der Waals surface area contributed by atoms with Crippen LogP contribution in [0.2, 0.25) is 0 Å². The summed E-state index contributed by atoms with van der Waals surface area (Å²) in [4.78, 5) is 2.74. The van der Waals surface area contributed by atoms with Crippen LogP contribution in [0.15, 0.2) is 0 Å². The van der Waals surface area contributed by atoms with Crippen molar-refractivity contribution in [2.75, 3.05) is 31.1 Å². The van der Waals surface area contributed by atoms with Gasteiger partial charge in [-0.25, -0.2) is 0 Å². The van der Waals surface area contributed by atoms with Crippen molar-refractivity contribution in [3.05, 3.63) is 0 Å². The summed E-state index contributed by atoms with van der Waals surface area (Å²) in [5.41, 5.74) is 7.07. The van der Waals surface area contributed by atoms with Crippen molar-refractivity contribution in [1.82, 2.24) is 4.90 Å². The average Bonchev–Trinajstić information content (AvgIpc) is 2.69. The summed E-state index contributed by atoms with van der Waals surface area (Å²) in [5, 5.41) is 0. The van der Waals surface area contributed by atoms with Crippen LogP contribution in [-0.4, -0.2) is 41.6 Å². The van der Waals surface area contributed by atoms with Crippen LogP contribution in [0.4, 0.5) is 0 Å². The standard InChI is InChI=1S/C15H30N2S/c1-14(2)5-3-6-15(13-16,8-7-14)17-9-4-11-18-12-10-17/h3-13,16H2,1-2H3. The Morgan fingerprint density at radius 1 is 1.00 bits per heavy atom. The maximum absolute atomic E-state index is 6.23. The third-order valence-corrected chi connectivity index (χ3v) is 6.08. The number of thioether (sulfide) groups is 1. The first-order chi connectivity index (χ1) is 8.58. The lowest BCUT2D eigenvalue weighted by atomic mass is 9.83. The maximum atomic E-state index is 6.23. The van der Waals surface area contributed by atoms with Crippen LogP contribution in [0.25, 0.3) is 0 Å². The lowest BCUT2D eigenvalue weighted by Gasteiger charge is -2.43. The second-order valence-corrected chi connectivity index (χ2v) is 8.12. The molecule has 0 bridgehead atoms. The zero-order valence-corrected chi connectivity index (χ0v) is 13.0. The molecular formula is C15H30N2S. The summed E-state index contributed by atoms with van der Waals surface area (Å²) in [7, 11) is 0. The summed E-state index contributed by atoms with van der Waals surface area (Å²) < 4.78 is 0. The lowest BCUT2D eigenvalue weighted by molar-refractivity contribution is 0.0834. The summed E-state index contributed by atoms with van der Waals surface area (Å²) in [6.45, 7) is 8.23. The highest BCUT2D eigenvalue weighted by molar-refractivity contribution is 7.99. The van der Waals surface area contributed by atoms with E-state index in [0.29, 0.717) is 11.0 Å². The number of rotatable bonds is 2. The number of nitrogens with zero attached hydrogens (tertiary/aromatic N) is 1. The fourth-order valence-corrected chi connectivity index (χ4v) is 4.47. The van der Waals surface area contributed by atoms with Crippen LogP contribution in [0, 0.1) is 5.41 Å². The van der Waals surface area contributed by atoms with Crippen LogP contribution in [0.1, 0.15) is 52.4 Å². The van der Waals surface area contributed by atoms with Crippen LogP contribution in [0.3, 0.4) is 0 Å². The first-order valence-electron chi connectivity index (χ1n) is 7.61. The molecule has 1 aliphatic carbocycles. The van der Waals surface area contributed by atoms with Gasteiger partial charge in [-0.1, -0.05) is 20.3 Å². The third-order valence-electron chi connectivity index (χ3n) is 5.04. The van der Waals surface area contributed by atoms with Crippen molar-refractivity contribution in [3.8, 4) is 0 Å². The van der Waals surface area contributed by atoms with Gasteiger partial charge in [0, 0.05) is 24.4 Å². The van der Waals surface area contributed by atoms with Gasteiger partial charge in [-0.05, 0) is 49.8 Å². The molecule has 106 valence electrons. The number of nitrogens with two attached hydrogens (primary N) is 1. The molecule has 2 fully saturated rings. The van der Waals surface area contributed by atoms with Crippen molar-refractivity contribution in [1.29, 1.82) is 0 Å². The van der Waals surface area contributed by atoms with Gasteiger partial charge < -0.3 is 5.73 Å². The molecule has 0 aromatic heterocycles. The van der Waals surface area contributed by atoms with Gasteiger partial charge in [0.2, 0.25) is 0 Å². The van der Waals surface area contributed by atoms with Crippen molar-refractivity contribution in [3.63, 3.8) is 0 Å². The number of hydrogen-bond acceptors (Lipinski definition) is 3. The first-order valence-corrected chi connectivity index (χ1v) is 8.76. The molecule has 2 aliphatic rings. The molecule has 2 nitrogen and oxygen atoms in total. The fraction of sp³-hybridized carbons (Fsp3) is 1.00. The summed E-state index contributed by atoms with van der Waals surface area (Å²) >= 11 is 2.12. The van der Waals surface area contributed by atoms with Gasteiger partial charge in [0.1, 0.15) is 0 Å². The quantitative estimate of drug-likeness (QED) is 0.782. The molecular weight excluding hydrogens is 240 g/mol. The van der Waals surface area contributed by atoms with Gasteiger partial charge in [0.15, 0.2) is 0 Å². The van der Waals surface area contributed by atoms with Crippen LogP contribution in [-0.2, 0) is 0 Å². The SMILES string of the molecule is CC1(C)CCCC(CN)(N2CCCSCC2)CC1. The predicted molar refractivity (Wildman–Crippen MR) is 82.2 cm³/mol. The lowest BCUT2D eigenvalue weighted by Crippen LogP contribution is -2.54. The molecule has 1 saturated carbocycles. The highest BCUT2D eigenvalue weighted by Crippen LogP contribution is 2.40. The van der Waals surface area contributed by atoms with Gasteiger partial charge in [-0.3, -0.25) is 4.90 Å². The van der Waals surface area contributed by atoms with Crippen LogP contribution >= 0.6 is 11.8 Å². The van der Waals surface area contributed by atoms with Gasteiger partial charge >= 0.3 is 0 Å². The highest BCUT2D eigenvalue weighted by atomic mass is 32.2. The normalized spacial score (nSPS) is 34.8. The summed E-state index contributed by atoms with van der Waals surface area (Å²) in [6, 6.07) is 0. The van der Waals surface area contributed by atoms with E-state index in [1.807, 2.05) is 0 Å². The molecule has 0 spiro atoms. The Labute approximate surface area is 117 Å². The van der Waals surface area contributed by atoms with E-state index in [-0.39, 0.29) is 0 Å². The van der Waals surface area contributed by atoms with Gasteiger partial charge in [0.25, 0.3) is 0 Å². The Bertz CT molecular complexity index is 259. The van der Waals surface area contributed by atoms with E-state index in [2.05, 4.69) is 30.5 Å². The topological polar surface area (TPSA) is 29.3 Å². The minimum absolute atomic E-state index is 0.318. The Morgan fingerprint density at radius 3 is 2.61 bits per heavy atom. The molecule has 1 heterocycles. The zero-order valence-electron chi connectivity index (χ0n) is 12.2. The van der Waals surface area contributed by atoms with E-state index in [0.717, 1.165) is 6.54 Å². The molecule has 0 radical (unpaired) electrons. The van der Waals surface area contributed by atoms with Crippen LogP contribution < -0.4 is 5.73 Å². The smallest absolute Gasteiger partial charge is 0.0332 e. The molecule has 0 aromatic rings. The number of hydrogen-bond donors (Lipinski definition) is 1. The van der Waals surface area contributed by atoms with Gasteiger partial charge in [0.05, 0.1) is 0 Å². The monoisotopic (exact) mass is 270 g/mol. The highest BCUT2D eigenvalue weighted by Gasteiger charge is 2.39. The van der Waals surface area contributed by atoms with E-state index >= 15 is 0 Å². The fourth-order valence-electron chi connectivity index (χ4n) is 3.59. The van der Waals surface area contributed by atoms with E-state index < -0.39 is 0 Å². The third kappa shape index (κ3) is 3.43. The minimum atomic E-state index is 0.318. The van der Waals surface area contributed by atoms with E-state index in [1.165, 1.54) is 63.1 Å². The van der Waals surface area contributed by atoms with Crippen molar-refractivity contribution < 1.29 is 0 Å². The van der Waals surface area contributed by atoms with Crippen molar-refractivity contribution >= 4 is 11.8 Å². The van der Waals surface area contributed by atoms with E-state index in [4.69, 9.17) is 5.73 Å². The summed E-state index contributed by atoms with van der Waals surface area (Å²) in [6.07, 6.45) is 8.04. The average molecular weight is 270 g/mol. The molecule has 1 aliphatic heterocycles. The van der Waals surface area contributed by atoms with E-state index in [1.54, 1.807) is 0 Å². The molecule has 18 heavy (non-hydrogen) atoms. The molecule has 0 aromatic carbocycles. The predicted octanol–water partition coefficient (Wildman–Crippen LogP) is 3.11. The Hall–Kier alpha value is 0.270. The van der Waals surface area contributed by atoms with Crippen molar-refractivity contribution in [2.24, 2.45) is 11.1 Å². The summed E-state index contributed by atoms with van der Waals surface area (Å²) in [5.74, 6) is 2.63. The minimum Gasteiger partial charge on any atom is -0.329 e. The first kappa shape index (κ1) is 14.7. The second-order valence-electron chi connectivity index (χ2n) is 6.90. The molecule has 0 amide bonds.